The fourth-order valence-corrected chi connectivity index (χ4v) is 10.7. The molecule has 6 atom stereocenters. The summed E-state index contributed by atoms with van der Waals surface area (Å²) in [6.07, 6.45) is 5.73. The molecule has 4 saturated heterocycles. The Morgan fingerprint density at radius 2 is 1.91 bits per heavy atom. The predicted molar refractivity (Wildman–Crippen MR) is 206 cm³/mol. The minimum atomic E-state index is -0.491. The smallest absolute Gasteiger partial charge is 0.226 e. The van der Waals surface area contributed by atoms with Crippen LogP contribution in [0.4, 0.5) is 14.6 Å². The third-order valence-corrected chi connectivity index (χ3v) is 13.7. The van der Waals surface area contributed by atoms with Gasteiger partial charge in [0.15, 0.2) is 5.82 Å². The van der Waals surface area contributed by atoms with Gasteiger partial charge in [-0.2, -0.15) is 5.26 Å². The lowest BCUT2D eigenvalue weighted by Crippen LogP contribution is -2.45. The molecule has 0 radical (unpaired) electrons. The third-order valence-electron chi connectivity index (χ3n) is 12.9. The van der Waals surface area contributed by atoms with Gasteiger partial charge in [0, 0.05) is 89.0 Å². The number of nitriles is 1. The Balaban J connectivity index is 1.21. The molecular formula is C42H39Cl2F2N7O. The van der Waals surface area contributed by atoms with E-state index in [9.17, 15) is 14.4 Å². The lowest BCUT2D eigenvalue weighted by molar-refractivity contribution is -0.135. The molecular weight excluding hydrogens is 727 g/mol. The number of nitrogens with one attached hydrogen (secondary N) is 1. The number of benzene rings is 2. The van der Waals surface area contributed by atoms with Crippen molar-refractivity contribution in [3.8, 4) is 17.2 Å². The standard InChI is InChI=1S/C42H39Cl2F2N7O/c1-20-31(45)10-12-48-41(20)51-18-25-13-26(19-51)52(42(54)22-8-9-22)39(25)33-16-28-21(2)50-37-29(40(28)53(33)38-24-15-32(38)49-17-24)14-23(5-4-11-47)34(36(37)46)27-6-3-7-30(43)35(27)44/h3,6-7,10,12,14,16,22,24-26,32,38-39,49H,4-5,8-9,13,15,17-19H2,1-2H3. The van der Waals surface area contributed by atoms with E-state index in [1.807, 2.05) is 13.0 Å². The Morgan fingerprint density at radius 3 is 2.65 bits per heavy atom. The lowest BCUT2D eigenvalue weighted by atomic mass is 9.79. The SMILES string of the molecule is Cc1c(F)ccnc1N1CC2CC(C1)N(C(=O)C1CC1)C2c1cc2c(C)nc3c(F)c(-c4cccc(Cl)c4Cl)c(CCC#N)cc3c2n1C1C2CNC1C2. The number of fused-ring (bicyclic) bond motifs is 6. The summed E-state index contributed by atoms with van der Waals surface area (Å²) >= 11 is 13.2. The molecule has 2 aromatic carbocycles. The Bertz CT molecular complexity index is 2440. The van der Waals surface area contributed by atoms with Crippen LogP contribution in [0.2, 0.25) is 10.0 Å². The quantitative estimate of drug-likeness (QED) is 0.179. The van der Waals surface area contributed by atoms with Crippen LogP contribution in [-0.2, 0) is 11.2 Å². The van der Waals surface area contributed by atoms with Gasteiger partial charge in [-0.15, -0.1) is 0 Å². The minimum Gasteiger partial charge on any atom is -0.354 e. The van der Waals surface area contributed by atoms with Gasteiger partial charge in [-0.1, -0.05) is 35.3 Å². The Kier molecular flexibility index (Phi) is 8.00. The average molecular weight is 767 g/mol. The van der Waals surface area contributed by atoms with Crippen molar-refractivity contribution < 1.29 is 13.6 Å². The van der Waals surface area contributed by atoms with Gasteiger partial charge in [0.05, 0.1) is 39.8 Å². The van der Waals surface area contributed by atoms with Gasteiger partial charge in [0.2, 0.25) is 5.91 Å². The molecule has 12 heteroatoms. The normalized spacial score (nSPS) is 25.8. The zero-order valence-electron chi connectivity index (χ0n) is 30.1. The van der Waals surface area contributed by atoms with Crippen LogP contribution in [0.15, 0.2) is 42.6 Å². The molecule has 2 aliphatic carbocycles. The molecule has 4 bridgehead atoms. The highest BCUT2D eigenvalue weighted by Gasteiger charge is 2.55. The van der Waals surface area contributed by atoms with E-state index in [0.29, 0.717) is 69.6 Å². The van der Waals surface area contributed by atoms with Gasteiger partial charge in [-0.25, -0.2) is 18.7 Å². The van der Waals surface area contributed by atoms with Gasteiger partial charge in [-0.05, 0) is 81.7 Å². The number of pyridine rings is 2. The second kappa shape index (κ2) is 12.6. The lowest BCUT2D eigenvalue weighted by Gasteiger charge is -2.40. The molecule has 0 spiro atoms. The highest BCUT2D eigenvalue weighted by molar-refractivity contribution is 6.43. The van der Waals surface area contributed by atoms with Gasteiger partial charge in [-0.3, -0.25) is 4.79 Å². The van der Waals surface area contributed by atoms with E-state index in [4.69, 9.17) is 28.2 Å². The highest BCUT2D eigenvalue weighted by atomic mass is 35.5. The number of hydrogen-bond donors (Lipinski definition) is 1. The molecule has 6 unspecified atom stereocenters. The number of hydrogen-bond acceptors (Lipinski definition) is 6. The summed E-state index contributed by atoms with van der Waals surface area (Å²) in [5.74, 6) is 0.532. The van der Waals surface area contributed by atoms with Gasteiger partial charge in [0.25, 0.3) is 0 Å². The zero-order valence-corrected chi connectivity index (χ0v) is 31.6. The third kappa shape index (κ3) is 5.04. The number of piperidine rings is 1. The van der Waals surface area contributed by atoms with E-state index >= 15 is 4.39 Å². The number of halogens is 4. The van der Waals surface area contributed by atoms with E-state index in [2.05, 4.69) is 36.8 Å². The van der Waals surface area contributed by atoms with Crippen molar-refractivity contribution in [2.24, 2.45) is 17.8 Å². The number of anilines is 1. The van der Waals surface area contributed by atoms with Crippen molar-refractivity contribution in [1.82, 2.24) is 24.8 Å². The second-order valence-electron chi connectivity index (χ2n) is 16.0. The number of carbonyl (C=O) groups excluding carboxylic acids is 1. The average Bonchev–Trinajstić information content (AvgIpc) is 3.44. The number of nitrogens with zero attached hydrogens (tertiary/aromatic N) is 6. The van der Waals surface area contributed by atoms with Crippen LogP contribution in [-0.4, -0.2) is 57.1 Å². The van der Waals surface area contributed by atoms with Gasteiger partial charge < -0.3 is 19.7 Å². The summed E-state index contributed by atoms with van der Waals surface area (Å²) in [5, 5.41) is 15.6. The minimum absolute atomic E-state index is 0.0199. The summed E-state index contributed by atoms with van der Waals surface area (Å²) in [4.78, 5) is 28.3. The molecule has 6 aliphatic rings. The molecule has 5 aromatic rings. The molecule has 1 N–H and O–H groups in total. The Labute approximate surface area is 322 Å². The summed E-state index contributed by atoms with van der Waals surface area (Å²) in [6.45, 7) is 5.82. The molecule has 6 fully saturated rings. The molecule has 54 heavy (non-hydrogen) atoms. The molecule has 7 heterocycles. The number of aryl methyl sites for hydroxylation is 2. The maximum absolute atomic E-state index is 17.3. The van der Waals surface area contributed by atoms with Crippen LogP contribution in [0.25, 0.3) is 32.9 Å². The van der Waals surface area contributed by atoms with Crippen molar-refractivity contribution in [2.45, 2.75) is 76.5 Å². The molecule has 1 amide bonds. The highest BCUT2D eigenvalue weighted by Crippen LogP contribution is 2.54. The zero-order chi connectivity index (χ0) is 37.2. The topological polar surface area (TPSA) is 90.1 Å². The largest absolute Gasteiger partial charge is 0.354 e. The first kappa shape index (κ1) is 34.2. The van der Waals surface area contributed by atoms with Crippen molar-refractivity contribution in [3.63, 3.8) is 0 Å². The summed E-state index contributed by atoms with van der Waals surface area (Å²) < 4.78 is 34.6. The predicted octanol–water partition coefficient (Wildman–Crippen LogP) is 8.63. The van der Waals surface area contributed by atoms with Crippen LogP contribution in [0, 0.1) is 54.6 Å². The van der Waals surface area contributed by atoms with Crippen molar-refractivity contribution in [2.75, 3.05) is 24.5 Å². The summed E-state index contributed by atoms with van der Waals surface area (Å²) in [6, 6.07) is 13.1. The Hall–Kier alpha value is -4.30. The number of amides is 1. The summed E-state index contributed by atoms with van der Waals surface area (Å²) in [7, 11) is 0. The first-order chi connectivity index (χ1) is 26.1. The van der Waals surface area contributed by atoms with Crippen LogP contribution >= 0.6 is 23.2 Å². The molecule has 276 valence electrons. The maximum atomic E-state index is 17.3. The number of aromatic nitrogens is 3. The Morgan fingerprint density at radius 1 is 1.07 bits per heavy atom. The molecule has 3 aromatic heterocycles. The van der Waals surface area contributed by atoms with Crippen LogP contribution < -0.4 is 10.2 Å². The van der Waals surface area contributed by atoms with Crippen LogP contribution in [0.5, 0.6) is 0 Å². The first-order valence-corrected chi connectivity index (χ1v) is 19.8. The summed E-state index contributed by atoms with van der Waals surface area (Å²) in [5.41, 5.74) is 4.87. The van der Waals surface area contributed by atoms with Crippen LogP contribution in [0.3, 0.4) is 0 Å². The number of likely N-dealkylation sites (tertiary alicyclic amines) is 1. The van der Waals surface area contributed by atoms with E-state index in [1.165, 1.54) is 12.3 Å². The van der Waals surface area contributed by atoms with Crippen molar-refractivity contribution in [1.29, 1.82) is 5.26 Å². The fourth-order valence-electron chi connectivity index (χ4n) is 10.3. The van der Waals surface area contributed by atoms with E-state index in [1.54, 1.807) is 25.1 Å². The molecule has 8 nitrogen and oxygen atoms in total. The molecule has 11 rings (SSSR count). The van der Waals surface area contributed by atoms with E-state index in [-0.39, 0.29) is 64.7 Å². The van der Waals surface area contributed by atoms with Crippen molar-refractivity contribution >= 4 is 56.7 Å². The van der Waals surface area contributed by atoms with Gasteiger partial charge >= 0.3 is 0 Å². The number of carbonyl (C=O) groups is 1. The first-order valence-electron chi connectivity index (χ1n) is 19.0. The molecule has 2 saturated carbocycles. The van der Waals surface area contributed by atoms with Gasteiger partial charge in [0.1, 0.15) is 17.2 Å². The van der Waals surface area contributed by atoms with Crippen LogP contribution in [0.1, 0.15) is 66.7 Å². The fraction of sp³-hybridized carbons (Fsp3) is 0.429. The molecule has 4 aliphatic heterocycles. The maximum Gasteiger partial charge on any atom is 0.226 e. The second-order valence-corrected chi connectivity index (χ2v) is 16.8. The monoisotopic (exact) mass is 765 g/mol. The van der Waals surface area contributed by atoms with E-state index in [0.717, 1.165) is 48.8 Å². The van der Waals surface area contributed by atoms with E-state index < -0.39 is 5.82 Å². The van der Waals surface area contributed by atoms with Crippen molar-refractivity contribution in [3.05, 3.63) is 86.8 Å². The number of rotatable bonds is 7.